The van der Waals surface area contributed by atoms with Crippen molar-refractivity contribution >= 4 is 33.6 Å². The van der Waals surface area contributed by atoms with Crippen LogP contribution in [0.5, 0.6) is 0 Å². The number of piperazine rings is 1. The van der Waals surface area contributed by atoms with Crippen LogP contribution in [0.2, 0.25) is 0 Å². The van der Waals surface area contributed by atoms with Crippen LogP contribution in [0.4, 0.5) is 10.1 Å². The largest absolute Gasteiger partial charge is 0.366 e. The average Bonchev–Trinajstić information content (AvgIpc) is 2.61. The highest BCUT2D eigenvalue weighted by Crippen LogP contribution is 2.21. The molecule has 3 rings (SSSR count). The number of benzene rings is 2. The molecule has 1 fully saturated rings. The first-order valence-electron chi connectivity index (χ1n) is 8.27. The fourth-order valence-corrected chi connectivity index (χ4v) is 3.54. The Morgan fingerprint density at radius 1 is 1.12 bits per heavy atom. The minimum absolute atomic E-state index is 0.0133. The highest BCUT2D eigenvalue weighted by atomic mass is 79.9. The van der Waals surface area contributed by atoms with Gasteiger partial charge in [-0.15, -0.1) is 0 Å². The Kier molecular flexibility index (Phi) is 5.53. The summed E-state index contributed by atoms with van der Waals surface area (Å²) in [6.07, 6.45) is 3.43. The molecule has 1 saturated heterocycles. The van der Waals surface area contributed by atoms with E-state index in [2.05, 4.69) is 15.9 Å². The van der Waals surface area contributed by atoms with Crippen LogP contribution in [0, 0.1) is 12.7 Å². The topological polar surface area (TPSA) is 23.6 Å². The molecule has 25 heavy (non-hydrogen) atoms. The van der Waals surface area contributed by atoms with Crippen LogP contribution < -0.4 is 4.90 Å². The number of rotatable bonds is 3. The summed E-state index contributed by atoms with van der Waals surface area (Å²) in [7, 11) is 0. The van der Waals surface area contributed by atoms with Crippen LogP contribution in [0.1, 0.15) is 11.1 Å². The van der Waals surface area contributed by atoms with Gasteiger partial charge in [0, 0.05) is 36.7 Å². The van der Waals surface area contributed by atoms with E-state index in [0.29, 0.717) is 31.9 Å². The number of aryl methyl sites for hydroxylation is 1. The van der Waals surface area contributed by atoms with E-state index in [1.165, 1.54) is 11.6 Å². The molecule has 0 unspecified atom stereocenters. The van der Waals surface area contributed by atoms with E-state index >= 15 is 0 Å². The van der Waals surface area contributed by atoms with Gasteiger partial charge in [-0.25, -0.2) is 4.39 Å². The van der Waals surface area contributed by atoms with E-state index in [1.807, 2.05) is 42.2 Å². The summed E-state index contributed by atoms with van der Waals surface area (Å²) in [4.78, 5) is 16.2. The highest BCUT2D eigenvalue weighted by Gasteiger charge is 2.21. The van der Waals surface area contributed by atoms with Crippen molar-refractivity contribution in [2.24, 2.45) is 0 Å². The van der Waals surface area contributed by atoms with Crippen molar-refractivity contribution in [3.63, 3.8) is 0 Å². The second-order valence-electron chi connectivity index (χ2n) is 6.12. The van der Waals surface area contributed by atoms with E-state index in [-0.39, 0.29) is 11.7 Å². The zero-order chi connectivity index (χ0) is 17.8. The lowest BCUT2D eigenvalue weighted by Gasteiger charge is -2.35. The van der Waals surface area contributed by atoms with Crippen molar-refractivity contribution in [3.8, 4) is 0 Å². The molecule has 3 nitrogen and oxygen atoms in total. The molecule has 1 aliphatic rings. The predicted molar refractivity (Wildman–Crippen MR) is 103 cm³/mol. The lowest BCUT2D eigenvalue weighted by molar-refractivity contribution is -0.126. The Morgan fingerprint density at radius 3 is 2.52 bits per heavy atom. The summed E-state index contributed by atoms with van der Waals surface area (Å²) < 4.78 is 14.8. The fourth-order valence-electron chi connectivity index (χ4n) is 2.91. The number of anilines is 1. The molecule has 1 aliphatic heterocycles. The third-order valence-electron chi connectivity index (χ3n) is 4.35. The van der Waals surface area contributed by atoms with Crippen molar-refractivity contribution in [1.82, 2.24) is 4.90 Å². The Balaban J connectivity index is 1.60. The third kappa shape index (κ3) is 4.28. The van der Waals surface area contributed by atoms with Gasteiger partial charge in [-0.2, -0.15) is 0 Å². The van der Waals surface area contributed by atoms with Crippen molar-refractivity contribution in [2.45, 2.75) is 6.92 Å². The second-order valence-corrected chi connectivity index (χ2v) is 6.98. The number of nitrogens with zero attached hydrogens (tertiary/aromatic N) is 2. The number of halogens is 2. The maximum atomic E-state index is 13.9. The number of carbonyl (C=O) groups is 1. The van der Waals surface area contributed by atoms with Crippen molar-refractivity contribution in [3.05, 3.63) is 70.0 Å². The van der Waals surface area contributed by atoms with Gasteiger partial charge in [0.05, 0.1) is 5.69 Å². The zero-order valence-electron chi connectivity index (χ0n) is 14.1. The molecule has 1 amide bonds. The molecule has 0 bridgehead atoms. The summed E-state index contributed by atoms with van der Waals surface area (Å²) in [6.45, 7) is 4.47. The molecule has 0 aliphatic carbocycles. The van der Waals surface area contributed by atoms with Gasteiger partial charge in [0.25, 0.3) is 0 Å². The number of hydrogen-bond donors (Lipinski definition) is 0. The molecule has 2 aromatic rings. The van der Waals surface area contributed by atoms with E-state index in [0.717, 1.165) is 10.0 Å². The van der Waals surface area contributed by atoms with Gasteiger partial charge < -0.3 is 9.80 Å². The normalized spacial score (nSPS) is 15.0. The molecule has 130 valence electrons. The summed E-state index contributed by atoms with van der Waals surface area (Å²) in [5.74, 6) is -0.230. The number of hydrogen-bond acceptors (Lipinski definition) is 2. The van der Waals surface area contributed by atoms with Gasteiger partial charge in [0.2, 0.25) is 5.91 Å². The molecule has 0 radical (unpaired) electrons. The maximum Gasteiger partial charge on any atom is 0.246 e. The molecular weight excluding hydrogens is 383 g/mol. The second kappa shape index (κ2) is 7.83. The first-order chi connectivity index (χ1) is 12.0. The Bertz CT molecular complexity index is 798. The van der Waals surface area contributed by atoms with Gasteiger partial charge in [0.1, 0.15) is 5.82 Å². The standard InChI is InChI=1S/C20H20BrFN2O/c1-15-6-7-16(17(21)14-15)8-9-20(25)24-12-10-23(11-13-24)19-5-3-2-4-18(19)22/h2-9,14H,10-13H2,1H3/b9-8+. The van der Waals surface area contributed by atoms with Gasteiger partial charge in [-0.1, -0.05) is 40.2 Å². The van der Waals surface area contributed by atoms with Crippen LogP contribution >= 0.6 is 15.9 Å². The van der Waals surface area contributed by atoms with Crippen molar-refractivity contribution in [1.29, 1.82) is 0 Å². The van der Waals surface area contributed by atoms with Crippen LogP contribution in [-0.4, -0.2) is 37.0 Å². The number of amides is 1. The van der Waals surface area contributed by atoms with Gasteiger partial charge in [0.15, 0.2) is 0 Å². The van der Waals surface area contributed by atoms with Gasteiger partial charge in [-0.05, 0) is 42.3 Å². The highest BCUT2D eigenvalue weighted by molar-refractivity contribution is 9.10. The van der Waals surface area contributed by atoms with Gasteiger partial charge >= 0.3 is 0 Å². The Hall–Kier alpha value is -2.14. The molecule has 0 aromatic heterocycles. The quantitative estimate of drug-likeness (QED) is 0.716. The van der Waals surface area contributed by atoms with Crippen LogP contribution in [0.15, 0.2) is 53.0 Å². The molecule has 0 saturated carbocycles. The fraction of sp³-hybridized carbons (Fsp3) is 0.250. The summed E-state index contributed by atoms with van der Waals surface area (Å²) in [6, 6.07) is 12.8. The molecule has 5 heteroatoms. The van der Waals surface area contributed by atoms with Crippen LogP contribution in [0.25, 0.3) is 6.08 Å². The SMILES string of the molecule is Cc1ccc(/C=C/C(=O)N2CCN(c3ccccc3F)CC2)c(Br)c1. The van der Waals surface area contributed by atoms with Crippen molar-refractivity contribution < 1.29 is 9.18 Å². The van der Waals surface area contributed by atoms with Crippen LogP contribution in [0.3, 0.4) is 0 Å². The van der Waals surface area contributed by atoms with E-state index in [1.54, 1.807) is 23.1 Å². The third-order valence-corrected chi connectivity index (χ3v) is 5.03. The van der Waals surface area contributed by atoms with E-state index in [9.17, 15) is 9.18 Å². The Morgan fingerprint density at radius 2 is 1.84 bits per heavy atom. The molecule has 0 N–H and O–H groups in total. The summed E-state index contributed by atoms with van der Waals surface area (Å²) in [5.41, 5.74) is 2.75. The number of para-hydroxylation sites is 1. The number of carbonyl (C=O) groups excluding carboxylic acids is 1. The first kappa shape index (κ1) is 17.7. The molecule has 0 atom stereocenters. The van der Waals surface area contributed by atoms with Gasteiger partial charge in [-0.3, -0.25) is 4.79 Å². The minimum Gasteiger partial charge on any atom is -0.366 e. The Labute approximate surface area is 155 Å². The summed E-state index contributed by atoms with van der Waals surface area (Å²) >= 11 is 3.52. The lowest BCUT2D eigenvalue weighted by Crippen LogP contribution is -2.48. The zero-order valence-corrected chi connectivity index (χ0v) is 15.7. The average molecular weight is 403 g/mol. The molecule has 1 heterocycles. The molecular formula is C20H20BrFN2O. The van der Waals surface area contributed by atoms with Crippen molar-refractivity contribution in [2.75, 3.05) is 31.1 Å². The molecule has 2 aromatic carbocycles. The maximum absolute atomic E-state index is 13.9. The van der Waals surface area contributed by atoms with E-state index < -0.39 is 0 Å². The van der Waals surface area contributed by atoms with Crippen LogP contribution in [-0.2, 0) is 4.79 Å². The van der Waals surface area contributed by atoms with E-state index in [4.69, 9.17) is 0 Å². The smallest absolute Gasteiger partial charge is 0.246 e. The molecule has 0 spiro atoms. The summed E-state index contributed by atoms with van der Waals surface area (Å²) in [5, 5.41) is 0. The predicted octanol–water partition coefficient (Wildman–Crippen LogP) is 4.26. The minimum atomic E-state index is -0.216. The lowest BCUT2D eigenvalue weighted by atomic mass is 10.1. The first-order valence-corrected chi connectivity index (χ1v) is 9.06. The monoisotopic (exact) mass is 402 g/mol.